The number of hydrogen-bond donors (Lipinski definition) is 3. The molecule has 0 aliphatic carbocycles. The zero-order chi connectivity index (χ0) is 15.7. The second-order valence-electron chi connectivity index (χ2n) is 3.92. The maximum Gasteiger partial charge on any atom is 0.343 e. The average molecular weight is 295 g/mol. The van der Waals surface area contributed by atoms with Gasteiger partial charge in [-0.1, -0.05) is 0 Å². The van der Waals surface area contributed by atoms with Crippen molar-refractivity contribution in [1.82, 2.24) is 5.32 Å². The van der Waals surface area contributed by atoms with Gasteiger partial charge in [0.1, 0.15) is 5.75 Å². The first kappa shape index (κ1) is 16.4. The summed E-state index contributed by atoms with van der Waals surface area (Å²) in [5.74, 6) is -0.797. The summed E-state index contributed by atoms with van der Waals surface area (Å²) in [6.07, 6.45) is 0. The van der Waals surface area contributed by atoms with Crippen molar-refractivity contribution in [2.75, 3.05) is 32.1 Å². The maximum atomic E-state index is 11.5. The van der Waals surface area contributed by atoms with Crippen LogP contribution in [0.4, 0.5) is 5.69 Å². The molecule has 0 bridgehead atoms. The molecule has 114 valence electrons. The fourth-order valence-electron chi connectivity index (χ4n) is 1.29. The fraction of sp³-hybridized carbons (Fsp3) is 0.308. The lowest BCUT2D eigenvalue weighted by Gasteiger charge is -2.08. The summed E-state index contributed by atoms with van der Waals surface area (Å²) in [6, 6.07) is 6.40. The number of nitrogens with two attached hydrogens (primary N) is 1. The quantitative estimate of drug-likeness (QED) is 0.569. The van der Waals surface area contributed by atoms with Crippen LogP contribution in [0.25, 0.3) is 0 Å². The Bertz CT molecular complexity index is 501. The van der Waals surface area contributed by atoms with Gasteiger partial charge in [0, 0.05) is 5.69 Å². The Kier molecular flexibility index (Phi) is 6.69. The Balaban J connectivity index is 2.41. The van der Waals surface area contributed by atoms with Crippen LogP contribution < -0.4 is 21.1 Å². The average Bonchev–Trinajstić information content (AvgIpc) is 2.51. The lowest BCUT2D eigenvalue weighted by Crippen LogP contribution is -2.36. The third-order valence-corrected chi connectivity index (χ3v) is 2.35. The number of ether oxygens (including phenoxy) is 2. The Morgan fingerprint density at radius 1 is 1.14 bits per heavy atom. The van der Waals surface area contributed by atoms with E-state index in [-0.39, 0.29) is 25.6 Å². The van der Waals surface area contributed by atoms with Gasteiger partial charge in [-0.2, -0.15) is 0 Å². The lowest BCUT2D eigenvalue weighted by molar-refractivity contribution is -0.142. The van der Waals surface area contributed by atoms with Crippen LogP contribution in [-0.2, 0) is 19.1 Å². The molecule has 0 radical (unpaired) electrons. The highest BCUT2D eigenvalue weighted by molar-refractivity contribution is 5.94. The molecule has 1 aromatic carbocycles. The second kappa shape index (κ2) is 8.54. The van der Waals surface area contributed by atoms with Crippen LogP contribution in [0.2, 0.25) is 0 Å². The molecule has 1 aromatic rings. The molecule has 8 heteroatoms. The molecule has 2 amide bonds. The topological polar surface area (TPSA) is 120 Å². The zero-order valence-electron chi connectivity index (χ0n) is 11.5. The molecule has 0 heterocycles. The number of hydrogen-bond acceptors (Lipinski definition) is 6. The molecule has 0 unspecified atom stereocenters. The largest absolute Gasteiger partial charge is 0.482 e. The van der Waals surface area contributed by atoms with Gasteiger partial charge in [0.05, 0.1) is 20.2 Å². The molecule has 1 rings (SSSR count). The fourth-order valence-corrected chi connectivity index (χ4v) is 1.29. The van der Waals surface area contributed by atoms with Gasteiger partial charge in [-0.05, 0) is 24.3 Å². The smallest absolute Gasteiger partial charge is 0.343 e. The molecule has 21 heavy (non-hydrogen) atoms. The molecule has 0 saturated carbocycles. The highest BCUT2D eigenvalue weighted by Crippen LogP contribution is 2.15. The predicted molar refractivity (Wildman–Crippen MR) is 74.6 cm³/mol. The molecule has 0 atom stereocenters. The molecular weight excluding hydrogens is 278 g/mol. The van der Waals surface area contributed by atoms with E-state index in [9.17, 15) is 14.4 Å². The van der Waals surface area contributed by atoms with Gasteiger partial charge in [-0.3, -0.25) is 9.59 Å². The van der Waals surface area contributed by atoms with Gasteiger partial charge < -0.3 is 25.8 Å². The highest BCUT2D eigenvalue weighted by Gasteiger charge is 2.05. The summed E-state index contributed by atoms with van der Waals surface area (Å²) in [5, 5.41) is 4.93. The molecular formula is C13H17N3O5. The first-order valence-electron chi connectivity index (χ1n) is 6.11. The van der Waals surface area contributed by atoms with Gasteiger partial charge in [0.15, 0.2) is 6.61 Å². The number of anilines is 1. The van der Waals surface area contributed by atoms with Gasteiger partial charge in [-0.25, -0.2) is 4.79 Å². The second-order valence-corrected chi connectivity index (χ2v) is 3.92. The molecule has 0 aliphatic heterocycles. The zero-order valence-corrected chi connectivity index (χ0v) is 11.5. The molecule has 4 N–H and O–H groups in total. The van der Waals surface area contributed by atoms with E-state index in [1.807, 2.05) is 0 Å². The molecule has 0 aromatic heterocycles. The van der Waals surface area contributed by atoms with Crippen molar-refractivity contribution < 1.29 is 23.9 Å². The van der Waals surface area contributed by atoms with E-state index in [1.54, 1.807) is 24.3 Å². The van der Waals surface area contributed by atoms with Crippen molar-refractivity contribution >= 4 is 23.5 Å². The standard InChI is InChI=1S/C13H17N3O5/c1-20-13(19)8-21-10-4-2-9(3-5-10)16-12(18)7-15-11(17)6-14/h2-5H,6-8,14H2,1H3,(H,15,17)(H,16,18). The Hall–Kier alpha value is -2.61. The van der Waals surface area contributed by atoms with Crippen molar-refractivity contribution in [3.8, 4) is 5.75 Å². The van der Waals surface area contributed by atoms with E-state index in [4.69, 9.17) is 10.5 Å². The number of amides is 2. The molecule has 0 aliphatic rings. The number of rotatable bonds is 7. The minimum atomic E-state index is -0.483. The van der Waals surface area contributed by atoms with Crippen molar-refractivity contribution in [2.24, 2.45) is 5.73 Å². The molecule has 0 fully saturated rings. The third-order valence-electron chi connectivity index (χ3n) is 2.35. The van der Waals surface area contributed by atoms with E-state index in [1.165, 1.54) is 7.11 Å². The number of benzene rings is 1. The number of esters is 1. The minimum absolute atomic E-state index is 0.156. The van der Waals surface area contributed by atoms with Crippen molar-refractivity contribution in [3.63, 3.8) is 0 Å². The van der Waals surface area contributed by atoms with Crippen LogP contribution in [0.3, 0.4) is 0 Å². The van der Waals surface area contributed by atoms with Crippen LogP contribution in [-0.4, -0.2) is 44.6 Å². The molecule has 0 spiro atoms. The molecule has 8 nitrogen and oxygen atoms in total. The Morgan fingerprint density at radius 3 is 2.38 bits per heavy atom. The highest BCUT2D eigenvalue weighted by atomic mass is 16.6. The van der Waals surface area contributed by atoms with E-state index in [0.29, 0.717) is 11.4 Å². The van der Waals surface area contributed by atoms with Crippen LogP contribution in [0.1, 0.15) is 0 Å². The first-order chi connectivity index (χ1) is 10.0. The van der Waals surface area contributed by atoms with Crippen molar-refractivity contribution in [1.29, 1.82) is 0 Å². The van der Waals surface area contributed by atoms with Crippen LogP contribution in [0, 0.1) is 0 Å². The summed E-state index contributed by atoms with van der Waals surface area (Å²) in [6.45, 7) is -0.510. The number of carbonyl (C=O) groups excluding carboxylic acids is 3. The van der Waals surface area contributed by atoms with E-state index in [2.05, 4.69) is 15.4 Å². The first-order valence-corrected chi connectivity index (χ1v) is 6.11. The summed E-state index contributed by atoms with van der Waals surface area (Å²) < 4.78 is 9.59. The van der Waals surface area contributed by atoms with Gasteiger partial charge in [0.25, 0.3) is 0 Å². The monoisotopic (exact) mass is 295 g/mol. The van der Waals surface area contributed by atoms with Crippen molar-refractivity contribution in [3.05, 3.63) is 24.3 Å². The van der Waals surface area contributed by atoms with Gasteiger partial charge >= 0.3 is 5.97 Å². The number of carbonyl (C=O) groups is 3. The van der Waals surface area contributed by atoms with Gasteiger partial charge in [0.2, 0.25) is 11.8 Å². The van der Waals surface area contributed by atoms with E-state index in [0.717, 1.165) is 0 Å². The van der Waals surface area contributed by atoms with E-state index >= 15 is 0 Å². The summed E-state index contributed by atoms with van der Waals surface area (Å²) in [5.41, 5.74) is 5.63. The third kappa shape index (κ3) is 6.39. The van der Waals surface area contributed by atoms with Crippen molar-refractivity contribution in [2.45, 2.75) is 0 Å². The summed E-state index contributed by atoms with van der Waals surface area (Å²) in [7, 11) is 1.27. The van der Waals surface area contributed by atoms with Gasteiger partial charge in [-0.15, -0.1) is 0 Å². The Labute approximate surface area is 121 Å². The van der Waals surface area contributed by atoms with Crippen LogP contribution in [0.15, 0.2) is 24.3 Å². The Morgan fingerprint density at radius 2 is 1.81 bits per heavy atom. The lowest BCUT2D eigenvalue weighted by atomic mass is 10.3. The maximum absolute atomic E-state index is 11.5. The summed E-state index contributed by atoms with van der Waals surface area (Å²) in [4.78, 5) is 33.3. The minimum Gasteiger partial charge on any atom is -0.482 e. The number of methoxy groups -OCH3 is 1. The van der Waals surface area contributed by atoms with Crippen LogP contribution in [0.5, 0.6) is 5.75 Å². The van der Waals surface area contributed by atoms with E-state index < -0.39 is 11.9 Å². The predicted octanol–water partition coefficient (Wildman–Crippen LogP) is -0.748. The normalized spacial score (nSPS) is 9.62. The SMILES string of the molecule is COC(=O)COc1ccc(NC(=O)CNC(=O)CN)cc1. The van der Waals surface area contributed by atoms with Crippen LogP contribution >= 0.6 is 0 Å². The molecule has 0 saturated heterocycles. The summed E-state index contributed by atoms with van der Waals surface area (Å²) >= 11 is 0. The number of nitrogens with one attached hydrogen (secondary N) is 2.